The minimum absolute atomic E-state index is 0.925. The maximum absolute atomic E-state index is 3.49. The van der Waals surface area contributed by atoms with Crippen LogP contribution < -0.4 is 5.32 Å². The first-order valence-electron chi connectivity index (χ1n) is 9.93. The Morgan fingerprint density at radius 3 is 1.62 bits per heavy atom. The topological polar surface area (TPSA) is 12.0 Å². The summed E-state index contributed by atoms with van der Waals surface area (Å²) in [5.74, 6) is 1.85. The molecule has 2 unspecified atom stereocenters. The molecular weight excluding hydrogens is 254 g/mol. The van der Waals surface area contributed by atoms with Gasteiger partial charge in [0.2, 0.25) is 0 Å². The predicted octanol–water partition coefficient (Wildman–Crippen LogP) is 6.57. The molecule has 0 heterocycles. The number of hydrogen-bond acceptors (Lipinski definition) is 1. The number of unbranched alkanes of at least 4 members (excludes halogenated alkanes) is 7. The van der Waals surface area contributed by atoms with E-state index in [1.54, 1.807) is 0 Å². The Morgan fingerprint density at radius 2 is 1.10 bits per heavy atom. The van der Waals surface area contributed by atoms with Gasteiger partial charge in [0.05, 0.1) is 0 Å². The summed E-state index contributed by atoms with van der Waals surface area (Å²) < 4.78 is 0. The largest absolute Gasteiger partial charge is 0.317 e. The van der Waals surface area contributed by atoms with Crippen molar-refractivity contribution in [1.29, 1.82) is 0 Å². The molecule has 0 amide bonds. The summed E-state index contributed by atoms with van der Waals surface area (Å²) in [6, 6.07) is 0. The molecule has 0 aromatic heterocycles. The third-order valence-electron chi connectivity index (χ3n) is 4.92. The molecule has 1 N–H and O–H groups in total. The Morgan fingerprint density at radius 1 is 0.571 bits per heavy atom. The first-order chi connectivity index (χ1) is 10.2. The molecule has 1 nitrogen and oxygen atoms in total. The van der Waals surface area contributed by atoms with Gasteiger partial charge in [-0.05, 0) is 37.8 Å². The van der Waals surface area contributed by atoms with Crippen LogP contribution in [-0.2, 0) is 0 Å². The van der Waals surface area contributed by atoms with Gasteiger partial charge >= 0.3 is 0 Å². The van der Waals surface area contributed by atoms with E-state index in [1.807, 2.05) is 0 Å². The van der Waals surface area contributed by atoms with Crippen molar-refractivity contribution < 1.29 is 0 Å². The van der Waals surface area contributed by atoms with Crippen LogP contribution in [0.4, 0.5) is 0 Å². The van der Waals surface area contributed by atoms with Crippen molar-refractivity contribution in [3.8, 4) is 0 Å². The highest BCUT2D eigenvalue weighted by Gasteiger charge is 2.11. The van der Waals surface area contributed by atoms with Crippen LogP contribution >= 0.6 is 0 Å². The van der Waals surface area contributed by atoms with Crippen LogP contribution in [0, 0.1) is 11.8 Å². The summed E-state index contributed by atoms with van der Waals surface area (Å²) >= 11 is 0. The Balaban J connectivity index is 3.32. The summed E-state index contributed by atoms with van der Waals surface area (Å²) in [5, 5.41) is 3.49. The van der Waals surface area contributed by atoms with Crippen molar-refractivity contribution in [2.45, 2.75) is 105 Å². The van der Waals surface area contributed by atoms with Crippen molar-refractivity contribution in [3.63, 3.8) is 0 Å². The zero-order chi connectivity index (χ0) is 15.8. The fourth-order valence-corrected chi connectivity index (χ4v) is 3.01. The van der Waals surface area contributed by atoms with Crippen LogP contribution in [0.25, 0.3) is 0 Å². The lowest BCUT2D eigenvalue weighted by atomic mass is 9.87. The van der Waals surface area contributed by atoms with Gasteiger partial charge in [0.15, 0.2) is 0 Å². The molecule has 0 radical (unpaired) electrons. The summed E-state index contributed by atoms with van der Waals surface area (Å²) in [7, 11) is 0. The lowest BCUT2D eigenvalue weighted by molar-refractivity contribution is 0.322. The lowest BCUT2D eigenvalue weighted by Gasteiger charge is -2.19. The van der Waals surface area contributed by atoms with E-state index in [4.69, 9.17) is 0 Å². The number of nitrogens with one attached hydrogen (secondary N) is 1. The maximum Gasteiger partial charge on any atom is -0.00489 e. The van der Waals surface area contributed by atoms with E-state index >= 15 is 0 Å². The third-order valence-corrected chi connectivity index (χ3v) is 4.92. The standard InChI is InChI=1S/C20H43N/c1-5-7-8-9-12-15-19(3)20(4)16-13-10-11-14-18-21-17-6-2/h19-21H,5-18H2,1-4H3. The van der Waals surface area contributed by atoms with Crippen molar-refractivity contribution in [2.24, 2.45) is 11.8 Å². The highest BCUT2D eigenvalue weighted by molar-refractivity contribution is 4.63. The Bertz CT molecular complexity index is 190. The van der Waals surface area contributed by atoms with Gasteiger partial charge in [0, 0.05) is 0 Å². The molecule has 0 aromatic carbocycles. The van der Waals surface area contributed by atoms with E-state index in [9.17, 15) is 0 Å². The van der Waals surface area contributed by atoms with E-state index in [0.717, 1.165) is 11.8 Å². The smallest absolute Gasteiger partial charge is 0.00489 e. The number of rotatable bonds is 16. The molecule has 1 heteroatoms. The maximum atomic E-state index is 3.49. The minimum Gasteiger partial charge on any atom is -0.317 e. The minimum atomic E-state index is 0.925. The molecule has 128 valence electrons. The molecule has 0 bridgehead atoms. The van der Waals surface area contributed by atoms with Gasteiger partial charge in [-0.2, -0.15) is 0 Å². The Kier molecular flexibility index (Phi) is 16.3. The summed E-state index contributed by atoms with van der Waals surface area (Å²) in [6.45, 7) is 11.9. The van der Waals surface area contributed by atoms with Crippen molar-refractivity contribution in [3.05, 3.63) is 0 Å². The van der Waals surface area contributed by atoms with Crippen LogP contribution in [0.5, 0.6) is 0 Å². The molecule has 0 spiro atoms. The lowest BCUT2D eigenvalue weighted by Crippen LogP contribution is -2.15. The average molecular weight is 298 g/mol. The van der Waals surface area contributed by atoms with Crippen LogP contribution in [-0.4, -0.2) is 13.1 Å². The van der Waals surface area contributed by atoms with Crippen molar-refractivity contribution in [2.75, 3.05) is 13.1 Å². The summed E-state index contributed by atoms with van der Waals surface area (Å²) in [4.78, 5) is 0. The van der Waals surface area contributed by atoms with Crippen LogP contribution in [0.2, 0.25) is 0 Å². The van der Waals surface area contributed by atoms with Gasteiger partial charge in [-0.15, -0.1) is 0 Å². The normalized spacial score (nSPS) is 14.3. The van der Waals surface area contributed by atoms with Gasteiger partial charge in [-0.1, -0.05) is 91.9 Å². The van der Waals surface area contributed by atoms with Gasteiger partial charge < -0.3 is 5.32 Å². The SMILES string of the molecule is CCCCCCCC(C)C(C)CCCCCCNCCC. The molecule has 21 heavy (non-hydrogen) atoms. The molecule has 2 atom stereocenters. The number of hydrogen-bond donors (Lipinski definition) is 1. The Labute approximate surface area is 135 Å². The van der Waals surface area contributed by atoms with E-state index in [0.29, 0.717) is 0 Å². The zero-order valence-corrected chi connectivity index (χ0v) is 15.6. The molecule has 0 aliphatic rings. The fourth-order valence-electron chi connectivity index (χ4n) is 3.01. The van der Waals surface area contributed by atoms with Gasteiger partial charge in [-0.3, -0.25) is 0 Å². The second-order valence-corrected chi connectivity index (χ2v) is 7.11. The Hall–Kier alpha value is -0.0400. The van der Waals surface area contributed by atoms with Crippen LogP contribution in [0.15, 0.2) is 0 Å². The van der Waals surface area contributed by atoms with Gasteiger partial charge in [-0.25, -0.2) is 0 Å². The highest BCUT2D eigenvalue weighted by Crippen LogP contribution is 2.23. The van der Waals surface area contributed by atoms with Crippen LogP contribution in [0.1, 0.15) is 105 Å². The molecule has 0 saturated heterocycles. The van der Waals surface area contributed by atoms with E-state index in [2.05, 4.69) is 33.0 Å². The van der Waals surface area contributed by atoms with Crippen LogP contribution in [0.3, 0.4) is 0 Å². The highest BCUT2D eigenvalue weighted by atomic mass is 14.8. The first kappa shape index (κ1) is 21.0. The molecule has 0 fully saturated rings. The zero-order valence-electron chi connectivity index (χ0n) is 15.6. The van der Waals surface area contributed by atoms with Gasteiger partial charge in [0.1, 0.15) is 0 Å². The molecule has 0 saturated carbocycles. The molecule has 0 aliphatic carbocycles. The quantitative estimate of drug-likeness (QED) is 0.318. The van der Waals surface area contributed by atoms with E-state index < -0.39 is 0 Å². The molecule has 0 aromatic rings. The molecule has 0 rings (SSSR count). The monoisotopic (exact) mass is 297 g/mol. The first-order valence-corrected chi connectivity index (χ1v) is 9.93. The van der Waals surface area contributed by atoms with Gasteiger partial charge in [0.25, 0.3) is 0 Å². The van der Waals surface area contributed by atoms with E-state index in [-0.39, 0.29) is 0 Å². The van der Waals surface area contributed by atoms with Crippen molar-refractivity contribution >= 4 is 0 Å². The van der Waals surface area contributed by atoms with Crippen molar-refractivity contribution in [1.82, 2.24) is 5.32 Å². The average Bonchev–Trinajstić information content (AvgIpc) is 2.49. The molecule has 0 aliphatic heterocycles. The van der Waals surface area contributed by atoms with E-state index in [1.165, 1.54) is 90.1 Å². The summed E-state index contributed by atoms with van der Waals surface area (Å²) in [5.41, 5.74) is 0. The molecular formula is C20H43N. The third kappa shape index (κ3) is 14.7. The fraction of sp³-hybridized carbons (Fsp3) is 1.00. The summed E-state index contributed by atoms with van der Waals surface area (Å²) in [6.07, 6.45) is 16.9. The second-order valence-electron chi connectivity index (χ2n) is 7.11. The second kappa shape index (κ2) is 16.3. The predicted molar refractivity (Wildman–Crippen MR) is 97.9 cm³/mol.